The van der Waals surface area contributed by atoms with E-state index in [1.165, 1.54) is 50.9 Å². The fraction of sp³-hybridized carbons (Fsp3) is 1.00. The number of nitrogens with zero attached hydrogens (tertiary/aromatic N) is 1. The average Bonchev–Trinajstić information content (AvgIpc) is 2.79. The molecule has 0 bridgehead atoms. The molecule has 88 valence electrons. The lowest BCUT2D eigenvalue weighted by molar-refractivity contribution is 0.103. The highest BCUT2D eigenvalue weighted by Gasteiger charge is 2.39. The second kappa shape index (κ2) is 5.07. The van der Waals surface area contributed by atoms with E-state index in [2.05, 4.69) is 23.6 Å². The van der Waals surface area contributed by atoms with E-state index >= 15 is 0 Å². The highest BCUT2D eigenvalue weighted by molar-refractivity contribution is 8.00. The number of hydrogen-bond acceptors (Lipinski definition) is 3. The minimum absolute atomic E-state index is 0.383. The first-order valence-electron chi connectivity index (χ1n) is 6.37. The normalized spacial score (nSPS) is 32.0. The van der Waals surface area contributed by atoms with Crippen LogP contribution in [0.5, 0.6) is 0 Å². The molecule has 2 fully saturated rings. The Balaban J connectivity index is 2.01. The maximum Gasteiger partial charge on any atom is 0.0332 e. The lowest BCUT2D eigenvalue weighted by Crippen LogP contribution is -2.56. The van der Waals surface area contributed by atoms with Crippen molar-refractivity contribution in [3.63, 3.8) is 0 Å². The van der Waals surface area contributed by atoms with Gasteiger partial charge in [-0.15, -0.1) is 0 Å². The van der Waals surface area contributed by atoms with Crippen molar-refractivity contribution in [3.8, 4) is 0 Å². The topological polar surface area (TPSA) is 29.3 Å². The summed E-state index contributed by atoms with van der Waals surface area (Å²) in [5, 5.41) is 0.850. The molecule has 2 nitrogen and oxygen atoms in total. The van der Waals surface area contributed by atoms with Gasteiger partial charge in [-0.2, -0.15) is 11.8 Å². The highest BCUT2D eigenvalue weighted by atomic mass is 32.2. The molecule has 1 aliphatic carbocycles. The lowest BCUT2D eigenvalue weighted by Gasteiger charge is -2.45. The van der Waals surface area contributed by atoms with Crippen LogP contribution < -0.4 is 5.73 Å². The zero-order valence-corrected chi connectivity index (χ0v) is 10.7. The Morgan fingerprint density at radius 3 is 2.73 bits per heavy atom. The van der Waals surface area contributed by atoms with Crippen LogP contribution in [-0.2, 0) is 0 Å². The largest absolute Gasteiger partial charge is 0.329 e. The monoisotopic (exact) mass is 228 g/mol. The summed E-state index contributed by atoms with van der Waals surface area (Å²) in [5.41, 5.74) is 6.42. The zero-order chi connectivity index (χ0) is 10.7. The van der Waals surface area contributed by atoms with Crippen LogP contribution in [0.25, 0.3) is 0 Å². The average molecular weight is 228 g/mol. The molecule has 0 spiro atoms. The first-order valence-corrected chi connectivity index (χ1v) is 7.42. The fourth-order valence-electron chi connectivity index (χ4n) is 3.08. The molecule has 1 aliphatic heterocycles. The molecule has 2 N–H and O–H groups in total. The molecule has 1 atom stereocenters. The van der Waals surface area contributed by atoms with Gasteiger partial charge in [0.1, 0.15) is 0 Å². The quantitative estimate of drug-likeness (QED) is 0.802. The van der Waals surface area contributed by atoms with Crippen LogP contribution in [-0.4, -0.2) is 41.1 Å². The summed E-state index contributed by atoms with van der Waals surface area (Å²) in [6, 6.07) is 0. The molecule has 0 radical (unpaired) electrons. The van der Waals surface area contributed by atoms with E-state index in [1.807, 2.05) is 0 Å². The Morgan fingerprint density at radius 2 is 2.13 bits per heavy atom. The molecule has 1 heterocycles. The van der Waals surface area contributed by atoms with Crippen LogP contribution in [0.1, 0.15) is 39.0 Å². The molecule has 1 saturated heterocycles. The Morgan fingerprint density at radius 1 is 1.40 bits per heavy atom. The van der Waals surface area contributed by atoms with Gasteiger partial charge in [0.15, 0.2) is 0 Å². The van der Waals surface area contributed by atoms with E-state index < -0.39 is 0 Å². The van der Waals surface area contributed by atoms with Crippen molar-refractivity contribution in [3.05, 3.63) is 0 Å². The summed E-state index contributed by atoms with van der Waals surface area (Å²) in [4.78, 5) is 2.71. The van der Waals surface area contributed by atoms with Crippen LogP contribution in [0, 0.1) is 0 Å². The van der Waals surface area contributed by atoms with Crippen molar-refractivity contribution < 1.29 is 0 Å². The third-order valence-electron chi connectivity index (χ3n) is 4.18. The molecular formula is C12H24N2S. The van der Waals surface area contributed by atoms with E-state index in [1.54, 1.807) is 0 Å². The molecule has 1 saturated carbocycles. The van der Waals surface area contributed by atoms with Crippen LogP contribution in [0.4, 0.5) is 0 Å². The van der Waals surface area contributed by atoms with Crippen LogP contribution >= 0.6 is 11.8 Å². The summed E-state index contributed by atoms with van der Waals surface area (Å²) in [5.74, 6) is 1.31. The molecule has 1 unspecified atom stereocenters. The Bertz CT molecular complexity index is 202. The number of nitrogens with two attached hydrogens (primary N) is 1. The number of thioether (sulfide) groups is 1. The van der Waals surface area contributed by atoms with E-state index in [4.69, 9.17) is 5.73 Å². The van der Waals surface area contributed by atoms with E-state index in [0.717, 1.165) is 11.8 Å². The van der Waals surface area contributed by atoms with Gasteiger partial charge in [-0.3, -0.25) is 4.90 Å². The van der Waals surface area contributed by atoms with Crippen molar-refractivity contribution in [1.82, 2.24) is 4.90 Å². The second-order valence-corrected chi connectivity index (χ2v) is 6.39. The predicted octanol–water partition coefficient (Wildman–Crippen LogP) is 2.09. The molecular weight excluding hydrogens is 204 g/mol. The van der Waals surface area contributed by atoms with Gasteiger partial charge in [0.2, 0.25) is 0 Å². The summed E-state index contributed by atoms with van der Waals surface area (Å²) < 4.78 is 0. The predicted molar refractivity (Wildman–Crippen MR) is 68.4 cm³/mol. The van der Waals surface area contributed by atoms with Crippen LogP contribution in [0.2, 0.25) is 0 Å². The van der Waals surface area contributed by atoms with Crippen LogP contribution in [0.3, 0.4) is 0 Å². The standard InChI is InChI=1S/C12H24N2S/c1-2-11-9-14(7-8-15-11)12(10-13)5-3-4-6-12/h11H,2-10,13H2,1H3. The van der Waals surface area contributed by atoms with Crippen molar-refractivity contribution in [2.45, 2.75) is 49.8 Å². The van der Waals surface area contributed by atoms with Gasteiger partial charge >= 0.3 is 0 Å². The van der Waals surface area contributed by atoms with Gasteiger partial charge in [0, 0.05) is 36.2 Å². The van der Waals surface area contributed by atoms with Crippen molar-refractivity contribution in [2.24, 2.45) is 5.73 Å². The molecule has 2 rings (SSSR count). The van der Waals surface area contributed by atoms with Gasteiger partial charge in [0.25, 0.3) is 0 Å². The Kier molecular flexibility index (Phi) is 3.97. The fourth-order valence-corrected chi connectivity index (χ4v) is 4.26. The molecule has 0 aromatic rings. The maximum atomic E-state index is 6.04. The van der Waals surface area contributed by atoms with Crippen LogP contribution in [0.15, 0.2) is 0 Å². The van der Waals surface area contributed by atoms with Crippen molar-refractivity contribution in [2.75, 3.05) is 25.4 Å². The molecule has 2 aliphatic rings. The second-order valence-electron chi connectivity index (χ2n) is 4.98. The first-order chi connectivity index (χ1) is 7.30. The highest BCUT2D eigenvalue weighted by Crippen LogP contribution is 2.37. The number of hydrogen-bond donors (Lipinski definition) is 1. The molecule has 15 heavy (non-hydrogen) atoms. The Hall–Kier alpha value is 0.270. The smallest absolute Gasteiger partial charge is 0.0332 e. The van der Waals surface area contributed by atoms with E-state index in [-0.39, 0.29) is 0 Å². The third-order valence-corrected chi connectivity index (χ3v) is 5.55. The van der Waals surface area contributed by atoms with Gasteiger partial charge in [0.05, 0.1) is 0 Å². The maximum absolute atomic E-state index is 6.04. The first kappa shape index (κ1) is 11.7. The summed E-state index contributed by atoms with van der Waals surface area (Å²) in [6.07, 6.45) is 6.76. The van der Waals surface area contributed by atoms with Gasteiger partial charge in [-0.1, -0.05) is 19.8 Å². The summed E-state index contributed by atoms with van der Waals surface area (Å²) >= 11 is 2.15. The third kappa shape index (κ3) is 2.34. The minimum atomic E-state index is 0.383. The van der Waals surface area contributed by atoms with Crippen molar-refractivity contribution >= 4 is 11.8 Å². The zero-order valence-electron chi connectivity index (χ0n) is 9.87. The van der Waals surface area contributed by atoms with Gasteiger partial charge < -0.3 is 5.73 Å². The van der Waals surface area contributed by atoms with Crippen molar-refractivity contribution in [1.29, 1.82) is 0 Å². The minimum Gasteiger partial charge on any atom is -0.329 e. The SMILES string of the molecule is CCC1CN(C2(CN)CCCC2)CCS1. The summed E-state index contributed by atoms with van der Waals surface area (Å²) in [6.45, 7) is 5.72. The van der Waals surface area contributed by atoms with Gasteiger partial charge in [-0.05, 0) is 19.3 Å². The molecule has 0 aromatic heterocycles. The summed E-state index contributed by atoms with van der Waals surface area (Å²) in [7, 11) is 0. The van der Waals surface area contributed by atoms with E-state index in [0.29, 0.717) is 5.54 Å². The number of rotatable bonds is 3. The molecule has 0 amide bonds. The Labute approximate surface area is 98.0 Å². The molecule has 0 aromatic carbocycles. The van der Waals surface area contributed by atoms with Gasteiger partial charge in [-0.25, -0.2) is 0 Å². The van der Waals surface area contributed by atoms with E-state index in [9.17, 15) is 0 Å². The lowest BCUT2D eigenvalue weighted by atomic mass is 9.94. The molecule has 3 heteroatoms.